The Balaban J connectivity index is 1.67. The number of aromatic nitrogens is 2. The number of hydrogen-bond donors (Lipinski definition) is 1. The Hall–Kier alpha value is -2.63. The molecule has 1 fully saturated rings. The summed E-state index contributed by atoms with van der Waals surface area (Å²) in [5.41, 5.74) is 2.27. The average Bonchev–Trinajstić information content (AvgIpc) is 3.08. The van der Waals surface area contributed by atoms with Gasteiger partial charge in [-0.1, -0.05) is 31.0 Å². The van der Waals surface area contributed by atoms with Crippen molar-refractivity contribution in [3.63, 3.8) is 0 Å². The monoisotopic (exact) mass is 355 g/mol. The Labute approximate surface area is 153 Å². The highest BCUT2D eigenvalue weighted by atomic mass is 16.5. The van der Waals surface area contributed by atoms with Gasteiger partial charge in [0.2, 0.25) is 0 Å². The van der Waals surface area contributed by atoms with Gasteiger partial charge in [0, 0.05) is 6.54 Å². The molecule has 1 aliphatic rings. The number of hydrogen-bond acceptors (Lipinski definition) is 4. The van der Waals surface area contributed by atoms with Crippen molar-refractivity contribution in [2.45, 2.75) is 32.6 Å². The maximum absolute atomic E-state index is 12.6. The van der Waals surface area contributed by atoms with Crippen molar-refractivity contribution in [3.05, 3.63) is 47.8 Å². The van der Waals surface area contributed by atoms with Crippen LogP contribution in [0.2, 0.25) is 0 Å². The summed E-state index contributed by atoms with van der Waals surface area (Å²) in [5, 5.41) is 7.32. The lowest BCUT2D eigenvalue weighted by molar-refractivity contribution is -0.148. The number of methoxy groups -OCH3 is 1. The third-order valence-corrected chi connectivity index (χ3v) is 5.19. The van der Waals surface area contributed by atoms with Crippen molar-refractivity contribution in [2.75, 3.05) is 13.7 Å². The van der Waals surface area contributed by atoms with Crippen LogP contribution in [0.15, 0.2) is 36.5 Å². The lowest BCUT2D eigenvalue weighted by Gasteiger charge is -2.29. The van der Waals surface area contributed by atoms with Gasteiger partial charge in [0.15, 0.2) is 0 Å². The molecule has 2 aromatic rings. The number of carbonyl (C=O) groups is 2. The molecule has 0 radical (unpaired) electrons. The average molecular weight is 355 g/mol. The van der Waals surface area contributed by atoms with Crippen molar-refractivity contribution in [1.82, 2.24) is 15.1 Å². The van der Waals surface area contributed by atoms with E-state index in [0.717, 1.165) is 37.1 Å². The van der Waals surface area contributed by atoms with Crippen molar-refractivity contribution in [2.24, 2.45) is 11.8 Å². The second kappa shape index (κ2) is 8.17. The Bertz CT molecular complexity index is 770. The lowest BCUT2D eigenvalue weighted by atomic mass is 9.79. The number of ether oxygens (including phenoxy) is 1. The van der Waals surface area contributed by atoms with E-state index in [2.05, 4.69) is 10.4 Å². The molecule has 6 heteroatoms. The Morgan fingerprint density at radius 1 is 1.23 bits per heavy atom. The first kappa shape index (κ1) is 18.2. The highest BCUT2D eigenvalue weighted by Gasteiger charge is 2.32. The summed E-state index contributed by atoms with van der Waals surface area (Å²) in [7, 11) is 1.42. The van der Waals surface area contributed by atoms with Gasteiger partial charge >= 0.3 is 5.97 Å². The van der Waals surface area contributed by atoms with E-state index >= 15 is 0 Å². The topological polar surface area (TPSA) is 73.2 Å². The number of esters is 1. The molecule has 1 saturated carbocycles. The van der Waals surface area contributed by atoms with Gasteiger partial charge in [-0.25, -0.2) is 4.68 Å². The van der Waals surface area contributed by atoms with Crippen LogP contribution in [0, 0.1) is 18.8 Å². The normalized spacial score (nSPS) is 19.8. The quantitative estimate of drug-likeness (QED) is 0.837. The molecule has 26 heavy (non-hydrogen) atoms. The number of benzene rings is 1. The Morgan fingerprint density at radius 3 is 2.69 bits per heavy atom. The number of amides is 1. The zero-order valence-corrected chi connectivity index (χ0v) is 15.3. The largest absolute Gasteiger partial charge is 0.469 e. The van der Waals surface area contributed by atoms with E-state index < -0.39 is 0 Å². The van der Waals surface area contributed by atoms with E-state index in [-0.39, 0.29) is 23.7 Å². The first-order chi connectivity index (χ1) is 12.6. The van der Waals surface area contributed by atoms with Gasteiger partial charge in [-0.2, -0.15) is 5.10 Å². The van der Waals surface area contributed by atoms with E-state index in [0.29, 0.717) is 12.1 Å². The van der Waals surface area contributed by atoms with Crippen molar-refractivity contribution in [1.29, 1.82) is 0 Å². The SMILES string of the molecule is COC(=O)C1CCCCC1CNC(=O)c1cnn(-c2ccccc2)c1C. The minimum absolute atomic E-state index is 0.123. The van der Waals surface area contributed by atoms with Gasteiger partial charge in [0.05, 0.1) is 36.2 Å². The van der Waals surface area contributed by atoms with Crippen LogP contribution in [0.1, 0.15) is 41.7 Å². The number of nitrogens with zero attached hydrogens (tertiary/aromatic N) is 2. The molecular formula is C20H25N3O3. The highest BCUT2D eigenvalue weighted by molar-refractivity contribution is 5.95. The maximum atomic E-state index is 12.6. The van der Waals surface area contributed by atoms with Crippen LogP contribution in [0.5, 0.6) is 0 Å². The molecule has 0 saturated heterocycles. The van der Waals surface area contributed by atoms with Crippen molar-refractivity contribution in [3.8, 4) is 5.69 Å². The molecule has 3 rings (SSSR count). The second-order valence-electron chi connectivity index (χ2n) is 6.78. The van der Waals surface area contributed by atoms with E-state index in [9.17, 15) is 9.59 Å². The molecule has 1 aromatic heterocycles. The van der Waals surface area contributed by atoms with E-state index in [4.69, 9.17) is 4.74 Å². The highest BCUT2D eigenvalue weighted by Crippen LogP contribution is 2.30. The molecule has 138 valence electrons. The fourth-order valence-corrected chi connectivity index (χ4v) is 3.69. The molecule has 0 aliphatic heterocycles. The number of para-hydroxylation sites is 1. The summed E-state index contributed by atoms with van der Waals surface area (Å²) in [5.74, 6) is -0.317. The Kier molecular flexibility index (Phi) is 5.71. The van der Waals surface area contributed by atoms with Gasteiger partial charge in [-0.15, -0.1) is 0 Å². The van der Waals surface area contributed by atoms with Crippen LogP contribution >= 0.6 is 0 Å². The molecule has 1 aromatic carbocycles. The molecule has 2 unspecified atom stereocenters. The third-order valence-electron chi connectivity index (χ3n) is 5.19. The van der Waals surface area contributed by atoms with Crippen LogP contribution in [0.4, 0.5) is 0 Å². The summed E-state index contributed by atoms with van der Waals surface area (Å²) in [6, 6.07) is 9.71. The van der Waals surface area contributed by atoms with E-state index in [1.165, 1.54) is 7.11 Å². The number of carbonyl (C=O) groups excluding carboxylic acids is 2. The summed E-state index contributed by atoms with van der Waals surface area (Å²) < 4.78 is 6.67. The predicted octanol–water partition coefficient (Wildman–Crippen LogP) is 2.89. The van der Waals surface area contributed by atoms with Gasteiger partial charge in [0.1, 0.15) is 0 Å². The van der Waals surface area contributed by atoms with Crippen LogP contribution in [-0.4, -0.2) is 35.3 Å². The third kappa shape index (κ3) is 3.79. The maximum Gasteiger partial charge on any atom is 0.309 e. The first-order valence-corrected chi connectivity index (χ1v) is 9.08. The van der Waals surface area contributed by atoms with Gasteiger partial charge in [-0.05, 0) is 37.8 Å². The minimum atomic E-state index is -0.169. The van der Waals surface area contributed by atoms with Gasteiger partial charge in [-0.3, -0.25) is 9.59 Å². The van der Waals surface area contributed by atoms with Crippen molar-refractivity contribution < 1.29 is 14.3 Å². The fourth-order valence-electron chi connectivity index (χ4n) is 3.69. The van der Waals surface area contributed by atoms with Crippen LogP contribution in [0.3, 0.4) is 0 Å². The smallest absolute Gasteiger partial charge is 0.309 e. The molecule has 0 bridgehead atoms. The summed E-state index contributed by atoms with van der Waals surface area (Å²) in [6.45, 7) is 2.36. The Morgan fingerprint density at radius 2 is 1.96 bits per heavy atom. The van der Waals surface area contributed by atoms with Gasteiger partial charge < -0.3 is 10.1 Å². The molecule has 1 heterocycles. The second-order valence-corrected chi connectivity index (χ2v) is 6.78. The zero-order chi connectivity index (χ0) is 18.5. The van der Waals surface area contributed by atoms with Crippen LogP contribution < -0.4 is 5.32 Å². The van der Waals surface area contributed by atoms with Crippen LogP contribution in [-0.2, 0) is 9.53 Å². The summed E-state index contributed by atoms with van der Waals surface area (Å²) in [4.78, 5) is 24.6. The molecule has 1 aliphatic carbocycles. The lowest BCUT2D eigenvalue weighted by Crippen LogP contribution is -2.37. The van der Waals surface area contributed by atoms with Crippen LogP contribution in [0.25, 0.3) is 5.69 Å². The molecular weight excluding hydrogens is 330 g/mol. The minimum Gasteiger partial charge on any atom is -0.469 e. The standard InChI is InChI=1S/C20H25N3O3/c1-14-18(13-22-23(14)16-9-4-3-5-10-16)19(24)21-12-15-8-6-7-11-17(15)20(25)26-2/h3-5,9-10,13,15,17H,6-8,11-12H2,1-2H3,(H,21,24). The summed E-state index contributed by atoms with van der Waals surface area (Å²) >= 11 is 0. The van der Waals surface area contributed by atoms with E-state index in [1.54, 1.807) is 10.9 Å². The van der Waals surface area contributed by atoms with E-state index in [1.807, 2.05) is 37.3 Å². The zero-order valence-electron chi connectivity index (χ0n) is 15.3. The molecule has 1 N–H and O–H groups in total. The molecule has 0 spiro atoms. The van der Waals surface area contributed by atoms with Crippen molar-refractivity contribution >= 4 is 11.9 Å². The molecule has 1 amide bonds. The molecule has 2 atom stereocenters. The fraction of sp³-hybridized carbons (Fsp3) is 0.450. The predicted molar refractivity (Wildman–Crippen MR) is 98.1 cm³/mol. The summed E-state index contributed by atoms with van der Waals surface area (Å²) in [6.07, 6.45) is 5.48. The number of nitrogens with one attached hydrogen (secondary N) is 1. The van der Waals surface area contributed by atoms with Gasteiger partial charge in [0.25, 0.3) is 5.91 Å². The number of rotatable bonds is 5. The first-order valence-electron chi connectivity index (χ1n) is 9.08. The molecule has 6 nitrogen and oxygen atoms in total.